The highest BCUT2D eigenvalue weighted by molar-refractivity contribution is 8.14. The van der Waals surface area contributed by atoms with Gasteiger partial charge < -0.3 is 4.57 Å². The Bertz CT molecular complexity index is 2160. The summed E-state index contributed by atoms with van der Waals surface area (Å²) in [6, 6.07) is 48.4. The topological polar surface area (TPSA) is 30.2 Å². The third-order valence-corrected chi connectivity index (χ3v) is 9.95. The number of hydrogen-bond acceptors (Lipinski definition) is 3. The van der Waals surface area contributed by atoms with Gasteiger partial charge in [-0.05, 0) is 78.6 Å². The molecule has 0 saturated heterocycles. The van der Waals surface area contributed by atoms with E-state index in [9.17, 15) is 0 Å². The summed E-state index contributed by atoms with van der Waals surface area (Å²) in [5.41, 5.74) is 11.9. The van der Waals surface area contributed by atoms with Gasteiger partial charge in [0.25, 0.3) is 0 Å². The summed E-state index contributed by atoms with van der Waals surface area (Å²) in [5.74, 6) is 1.17. The number of pyridine rings is 1. The van der Waals surface area contributed by atoms with Crippen molar-refractivity contribution in [1.82, 2.24) is 9.55 Å². The first-order valence-electron chi connectivity index (χ1n) is 15.5. The van der Waals surface area contributed by atoms with Crippen molar-refractivity contribution < 1.29 is 0 Å². The average molecular weight is 600 g/mol. The van der Waals surface area contributed by atoms with Gasteiger partial charge in [0.05, 0.1) is 27.8 Å². The maximum Gasteiger partial charge on any atom is 0.0982 e. The van der Waals surface area contributed by atoms with Gasteiger partial charge in [-0.25, -0.2) is 0 Å². The summed E-state index contributed by atoms with van der Waals surface area (Å²) >= 11 is 1.88. The van der Waals surface area contributed by atoms with E-state index >= 15 is 0 Å². The van der Waals surface area contributed by atoms with E-state index in [0.29, 0.717) is 0 Å². The molecule has 218 valence electrons. The lowest BCUT2D eigenvalue weighted by molar-refractivity contribution is 0.664. The lowest BCUT2D eigenvalue weighted by atomic mass is 9.86. The van der Waals surface area contributed by atoms with E-state index in [1.807, 2.05) is 24.0 Å². The molecule has 8 rings (SSSR count). The maximum atomic E-state index is 5.42. The molecule has 45 heavy (non-hydrogen) atoms. The minimum absolute atomic E-state index is 0.163. The second-order valence-electron chi connectivity index (χ2n) is 12.0. The first-order valence-corrected chi connectivity index (χ1v) is 16.5. The SMILES string of the molecule is Cc1cc(C2=N[C@H](C(c3ccccc3)c3ccccc3)CS2)cc(-n2c3ccccc3c3ccc(-c4cc(C)ccn4)cc32)c1. The third-order valence-electron chi connectivity index (χ3n) is 8.83. The molecule has 0 N–H and O–H groups in total. The Labute approximate surface area is 268 Å². The average Bonchev–Trinajstić information content (AvgIpc) is 3.69. The normalized spacial score (nSPS) is 14.8. The molecular weight excluding hydrogens is 567 g/mol. The van der Waals surface area contributed by atoms with Crippen LogP contribution in [-0.2, 0) is 0 Å². The van der Waals surface area contributed by atoms with Gasteiger partial charge in [-0.2, -0.15) is 0 Å². The number of benzene rings is 5. The van der Waals surface area contributed by atoms with E-state index in [0.717, 1.165) is 27.7 Å². The van der Waals surface area contributed by atoms with Gasteiger partial charge in [0.2, 0.25) is 0 Å². The largest absolute Gasteiger partial charge is 0.309 e. The molecule has 0 fully saturated rings. The molecule has 3 nitrogen and oxygen atoms in total. The minimum Gasteiger partial charge on any atom is -0.309 e. The van der Waals surface area contributed by atoms with Gasteiger partial charge in [-0.15, -0.1) is 11.8 Å². The molecule has 0 spiro atoms. The highest BCUT2D eigenvalue weighted by atomic mass is 32.2. The smallest absolute Gasteiger partial charge is 0.0982 e. The number of thioether (sulfide) groups is 1. The third kappa shape index (κ3) is 5.15. The summed E-state index contributed by atoms with van der Waals surface area (Å²) in [6.45, 7) is 4.31. The van der Waals surface area contributed by atoms with E-state index in [1.54, 1.807) is 0 Å². The standard InChI is InChI=1S/C41H33N3S/c1-27-19-20-42-36(23-27)31-17-18-35-34-15-9-10-16-38(34)44(39(35)25-31)33-22-28(2)21-32(24-33)41-43-37(26-45-41)40(29-11-5-3-6-12-29)30-13-7-4-8-14-30/h3-25,37,40H,26H2,1-2H3/t37-/m0/s1. The summed E-state index contributed by atoms with van der Waals surface area (Å²) in [5, 5.41) is 3.61. The molecule has 4 heteroatoms. The van der Waals surface area contributed by atoms with Crippen LogP contribution in [-0.4, -0.2) is 26.4 Å². The Morgan fingerprint density at radius 1 is 0.644 bits per heavy atom. The van der Waals surface area contributed by atoms with Crippen LogP contribution in [0.3, 0.4) is 0 Å². The van der Waals surface area contributed by atoms with Crippen LogP contribution in [0.1, 0.15) is 33.7 Å². The number of hydrogen-bond donors (Lipinski definition) is 0. The van der Waals surface area contributed by atoms with Crippen molar-refractivity contribution in [1.29, 1.82) is 0 Å². The van der Waals surface area contributed by atoms with Gasteiger partial charge >= 0.3 is 0 Å². The van der Waals surface area contributed by atoms with Crippen LogP contribution in [0, 0.1) is 13.8 Å². The highest BCUT2D eigenvalue weighted by Gasteiger charge is 2.30. The Hall–Kier alpha value is -4.93. The summed E-state index contributed by atoms with van der Waals surface area (Å²) < 4.78 is 2.41. The molecule has 1 aliphatic rings. The molecule has 2 aromatic heterocycles. The number of aromatic nitrogens is 2. The Kier molecular flexibility index (Phi) is 7.08. The van der Waals surface area contributed by atoms with Crippen molar-refractivity contribution in [3.05, 3.63) is 167 Å². The number of fused-ring (bicyclic) bond motifs is 3. The van der Waals surface area contributed by atoms with Gasteiger partial charge in [0.15, 0.2) is 0 Å². The Morgan fingerprint density at radius 2 is 1.36 bits per heavy atom. The summed E-state index contributed by atoms with van der Waals surface area (Å²) in [7, 11) is 0. The molecule has 0 aliphatic carbocycles. The number of rotatable bonds is 6. The zero-order chi connectivity index (χ0) is 30.3. The first kappa shape index (κ1) is 27.6. The number of nitrogens with zero attached hydrogens (tertiary/aromatic N) is 3. The van der Waals surface area contributed by atoms with Gasteiger partial charge in [0.1, 0.15) is 0 Å². The zero-order valence-electron chi connectivity index (χ0n) is 25.4. The molecule has 0 radical (unpaired) electrons. The quantitative estimate of drug-likeness (QED) is 0.190. The first-order chi connectivity index (χ1) is 22.1. The maximum absolute atomic E-state index is 5.42. The number of aliphatic imine (C=N–C) groups is 1. The predicted molar refractivity (Wildman–Crippen MR) is 191 cm³/mol. The molecule has 1 atom stereocenters. The second kappa shape index (κ2) is 11.5. The van der Waals surface area contributed by atoms with Crippen LogP contribution in [0.5, 0.6) is 0 Å². The molecule has 3 heterocycles. The molecule has 0 amide bonds. The lowest BCUT2D eigenvalue weighted by Gasteiger charge is -2.22. The van der Waals surface area contributed by atoms with Gasteiger partial charge in [-0.3, -0.25) is 9.98 Å². The lowest BCUT2D eigenvalue weighted by Crippen LogP contribution is -2.18. The zero-order valence-corrected chi connectivity index (χ0v) is 26.2. The Morgan fingerprint density at radius 3 is 2.11 bits per heavy atom. The van der Waals surface area contributed by atoms with Crippen LogP contribution < -0.4 is 0 Å². The van der Waals surface area contributed by atoms with Gasteiger partial charge in [-0.1, -0.05) is 91.0 Å². The van der Waals surface area contributed by atoms with Crippen molar-refractivity contribution in [3.63, 3.8) is 0 Å². The van der Waals surface area contributed by atoms with Crippen molar-refractivity contribution in [2.75, 3.05) is 5.75 Å². The predicted octanol–water partition coefficient (Wildman–Crippen LogP) is 10.2. The van der Waals surface area contributed by atoms with E-state index in [1.165, 1.54) is 49.6 Å². The van der Waals surface area contributed by atoms with E-state index in [2.05, 4.69) is 146 Å². The Balaban J connectivity index is 1.25. The number of aryl methyl sites for hydroxylation is 2. The fourth-order valence-corrected chi connectivity index (χ4v) is 7.88. The van der Waals surface area contributed by atoms with Crippen molar-refractivity contribution >= 4 is 38.6 Å². The van der Waals surface area contributed by atoms with Crippen molar-refractivity contribution in [2.24, 2.45) is 4.99 Å². The fourth-order valence-electron chi connectivity index (χ4n) is 6.79. The highest BCUT2D eigenvalue weighted by Crippen LogP contribution is 2.39. The summed E-state index contributed by atoms with van der Waals surface area (Å²) in [4.78, 5) is 10.1. The van der Waals surface area contributed by atoms with Crippen molar-refractivity contribution in [2.45, 2.75) is 25.8 Å². The van der Waals surface area contributed by atoms with E-state index < -0.39 is 0 Å². The van der Waals surface area contributed by atoms with E-state index in [4.69, 9.17) is 9.98 Å². The molecular formula is C41H33N3S. The van der Waals surface area contributed by atoms with Crippen LogP contribution in [0.4, 0.5) is 0 Å². The molecule has 5 aromatic carbocycles. The van der Waals surface area contributed by atoms with Crippen LogP contribution in [0.15, 0.2) is 145 Å². The minimum atomic E-state index is 0.163. The van der Waals surface area contributed by atoms with Crippen LogP contribution in [0.25, 0.3) is 38.8 Å². The molecule has 0 unspecified atom stereocenters. The van der Waals surface area contributed by atoms with Crippen LogP contribution in [0.2, 0.25) is 0 Å². The van der Waals surface area contributed by atoms with E-state index in [-0.39, 0.29) is 12.0 Å². The van der Waals surface area contributed by atoms with Gasteiger partial charge in [0, 0.05) is 45.5 Å². The fraction of sp³-hybridized carbons (Fsp3) is 0.122. The molecule has 0 saturated carbocycles. The molecule has 1 aliphatic heterocycles. The van der Waals surface area contributed by atoms with Crippen molar-refractivity contribution in [3.8, 4) is 16.9 Å². The van der Waals surface area contributed by atoms with Crippen LogP contribution >= 0.6 is 11.8 Å². The number of para-hydroxylation sites is 1. The summed E-state index contributed by atoms with van der Waals surface area (Å²) in [6.07, 6.45) is 1.89. The monoisotopic (exact) mass is 599 g/mol. The second-order valence-corrected chi connectivity index (χ2v) is 13.0. The molecule has 0 bridgehead atoms. The molecule has 7 aromatic rings.